The number of hydrogen-bond donors (Lipinski definition) is 0. The predicted octanol–water partition coefficient (Wildman–Crippen LogP) is 2.98. The van der Waals surface area contributed by atoms with Crippen LogP contribution in [-0.2, 0) is 0 Å². The molecule has 1 aromatic rings. The molecule has 1 unspecified atom stereocenters. The quantitative estimate of drug-likeness (QED) is 0.741. The number of halogens is 1. The van der Waals surface area contributed by atoms with Crippen molar-refractivity contribution in [3.8, 4) is 0 Å². The fraction of sp³-hybridized carbons (Fsp3) is 0.545. The predicted molar refractivity (Wildman–Crippen MR) is 67.7 cm³/mol. The number of nitrogens with zero attached hydrogens (tertiary/aromatic N) is 2. The second kappa shape index (κ2) is 4.04. The maximum atomic E-state index is 4.62. The molecule has 3 heteroatoms. The molecule has 0 radical (unpaired) electrons. The molecule has 76 valence electrons. The van der Waals surface area contributed by atoms with Gasteiger partial charge in [-0.05, 0) is 61.4 Å². The Labute approximate surface area is 98.9 Å². The molecule has 2 rings (SSSR count). The molecule has 1 fully saturated rings. The minimum absolute atomic E-state index is 0.655. The number of hydrogen-bond acceptors (Lipinski definition) is 2. The summed E-state index contributed by atoms with van der Waals surface area (Å²) in [6, 6.07) is 4.95. The molecule has 1 aliphatic heterocycles. The standard InChI is InChI=1S/C11H15IN2/c1-8-4-3-7-14(8)11-6-5-10(12)9(2)13-11/h5-6,8H,3-4,7H2,1-2H3. The first kappa shape index (κ1) is 10.2. The third kappa shape index (κ3) is 1.87. The molecule has 1 saturated heterocycles. The van der Waals surface area contributed by atoms with E-state index in [2.05, 4.69) is 58.5 Å². The van der Waals surface area contributed by atoms with E-state index in [1.54, 1.807) is 0 Å². The van der Waals surface area contributed by atoms with E-state index in [4.69, 9.17) is 0 Å². The highest BCUT2D eigenvalue weighted by molar-refractivity contribution is 14.1. The molecule has 0 N–H and O–H groups in total. The summed E-state index contributed by atoms with van der Waals surface area (Å²) in [7, 11) is 0. The Morgan fingerprint density at radius 3 is 2.86 bits per heavy atom. The van der Waals surface area contributed by atoms with Gasteiger partial charge in [-0.3, -0.25) is 0 Å². The van der Waals surface area contributed by atoms with Crippen LogP contribution < -0.4 is 4.90 Å². The van der Waals surface area contributed by atoms with Crippen molar-refractivity contribution in [2.45, 2.75) is 32.7 Å². The van der Waals surface area contributed by atoms with Gasteiger partial charge >= 0.3 is 0 Å². The second-order valence-electron chi connectivity index (χ2n) is 3.92. The fourth-order valence-corrected chi connectivity index (χ4v) is 2.26. The van der Waals surface area contributed by atoms with Gasteiger partial charge in [0.1, 0.15) is 5.82 Å². The Morgan fingerprint density at radius 1 is 1.50 bits per heavy atom. The van der Waals surface area contributed by atoms with E-state index in [1.165, 1.54) is 16.4 Å². The third-order valence-electron chi connectivity index (χ3n) is 2.85. The molecule has 2 heterocycles. The normalized spacial score (nSPS) is 21.6. The molecule has 0 spiro atoms. The molecule has 0 saturated carbocycles. The van der Waals surface area contributed by atoms with Crippen molar-refractivity contribution in [3.63, 3.8) is 0 Å². The van der Waals surface area contributed by atoms with Crippen molar-refractivity contribution >= 4 is 28.4 Å². The number of aryl methyl sites for hydroxylation is 1. The van der Waals surface area contributed by atoms with Crippen LogP contribution in [0.3, 0.4) is 0 Å². The molecule has 14 heavy (non-hydrogen) atoms. The van der Waals surface area contributed by atoms with E-state index < -0.39 is 0 Å². The van der Waals surface area contributed by atoms with Crippen molar-refractivity contribution < 1.29 is 0 Å². The first-order valence-corrected chi connectivity index (χ1v) is 6.16. The summed E-state index contributed by atoms with van der Waals surface area (Å²) in [6.07, 6.45) is 2.60. The van der Waals surface area contributed by atoms with Gasteiger partial charge in [0.2, 0.25) is 0 Å². The van der Waals surface area contributed by atoms with Crippen molar-refractivity contribution in [2.75, 3.05) is 11.4 Å². The lowest BCUT2D eigenvalue weighted by Crippen LogP contribution is -2.27. The maximum Gasteiger partial charge on any atom is 0.129 e. The van der Waals surface area contributed by atoms with Gasteiger partial charge in [0, 0.05) is 16.2 Å². The first-order valence-electron chi connectivity index (χ1n) is 5.08. The van der Waals surface area contributed by atoms with E-state index in [0.29, 0.717) is 6.04 Å². The van der Waals surface area contributed by atoms with Crippen LogP contribution in [0.5, 0.6) is 0 Å². The lowest BCUT2D eigenvalue weighted by molar-refractivity contribution is 0.726. The van der Waals surface area contributed by atoms with Crippen LogP contribution in [0.1, 0.15) is 25.5 Å². The van der Waals surface area contributed by atoms with E-state index in [-0.39, 0.29) is 0 Å². The van der Waals surface area contributed by atoms with Gasteiger partial charge in [0.05, 0.1) is 5.69 Å². The second-order valence-corrected chi connectivity index (χ2v) is 5.08. The topological polar surface area (TPSA) is 16.1 Å². The molecular formula is C11H15IN2. The number of anilines is 1. The number of pyridine rings is 1. The number of rotatable bonds is 1. The van der Waals surface area contributed by atoms with Gasteiger partial charge in [0.25, 0.3) is 0 Å². The molecule has 1 aliphatic rings. The highest BCUT2D eigenvalue weighted by atomic mass is 127. The highest BCUT2D eigenvalue weighted by Gasteiger charge is 2.21. The molecule has 0 amide bonds. The summed E-state index contributed by atoms with van der Waals surface area (Å²) in [5, 5.41) is 0. The summed E-state index contributed by atoms with van der Waals surface area (Å²) >= 11 is 2.33. The van der Waals surface area contributed by atoms with Gasteiger partial charge in [0.15, 0.2) is 0 Å². The Bertz CT molecular complexity index is 338. The molecule has 0 aromatic carbocycles. The smallest absolute Gasteiger partial charge is 0.129 e. The monoisotopic (exact) mass is 302 g/mol. The van der Waals surface area contributed by atoms with Gasteiger partial charge in [-0.25, -0.2) is 4.98 Å². The van der Waals surface area contributed by atoms with Crippen LogP contribution in [0, 0.1) is 10.5 Å². The van der Waals surface area contributed by atoms with Crippen molar-refractivity contribution in [2.24, 2.45) is 0 Å². The summed E-state index contributed by atoms with van der Waals surface area (Å²) in [5.74, 6) is 1.15. The Kier molecular flexibility index (Phi) is 2.95. The SMILES string of the molecule is Cc1nc(N2CCCC2C)ccc1I. The minimum atomic E-state index is 0.655. The van der Waals surface area contributed by atoms with E-state index >= 15 is 0 Å². The van der Waals surface area contributed by atoms with Crippen LogP contribution in [0.25, 0.3) is 0 Å². The van der Waals surface area contributed by atoms with Crippen LogP contribution in [0.4, 0.5) is 5.82 Å². The van der Waals surface area contributed by atoms with Crippen molar-refractivity contribution in [1.29, 1.82) is 0 Å². The summed E-state index contributed by atoms with van der Waals surface area (Å²) in [5.41, 5.74) is 1.14. The van der Waals surface area contributed by atoms with Crippen LogP contribution in [-0.4, -0.2) is 17.6 Å². The van der Waals surface area contributed by atoms with Crippen LogP contribution in [0.2, 0.25) is 0 Å². The van der Waals surface area contributed by atoms with Crippen molar-refractivity contribution in [1.82, 2.24) is 4.98 Å². The van der Waals surface area contributed by atoms with Crippen LogP contribution in [0.15, 0.2) is 12.1 Å². The first-order chi connectivity index (χ1) is 6.68. The molecule has 0 bridgehead atoms. The van der Waals surface area contributed by atoms with Gasteiger partial charge in [-0.15, -0.1) is 0 Å². The zero-order chi connectivity index (χ0) is 10.1. The summed E-state index contributed by atoms with van der Waals surface area (Å²) in [6.45, 7) is 5.52. The van der Waals surface area contributed by atoms with Gasteiger partial charge < -0.3 is 4.90 Å². The van der Waals surface area contributed by atoms with E-state index in [9.17, 15) is 0 Å². The average molecular weight is 302 g/mol. The third-order valence-corrected chi connectivity index (χ3v) is 3.99. The Hall–Kier alpha value is -0.320. The largest absolute Gasteiger partial charge is 0.354 e. The maximum absolute atomic E-state index is 4.62. The minimum Gasteiger partial charge on any atom is -0.354 e. The molecule has 1 aromatic heterocycles. The van der Waals surface area contributed by atoms with Gasteiger partial charge in [-0.2, -0.15) is 0 Å². The molecule has 2 nitrogen and oxygen atoms in total. The van der Waals surface area contributed by atoms with Crippen molar-refractivity contribution in [3.05, 3.63) is 21.4 Å². The van der Waals surface area contributed by atoms with E-state index in [0.717, 1.165) is 18.1 Å². The van der Waals surface area contributed by atoms with Crippen LogP contribution >= 0.6 is 22.6 Å². The molecule has 1 atom stereocenters. The summed E-state index contributed by atoms with van der Waals surface area (Å²) in [4.78, 5) is 7.03. The van der Waals surface area contributed by atoms with Gasteiger partial charge in [-0.1, -0.05) is 0 Å². The zero-order valence-corrected chi connectivity index (χ0v) is 10.8. The Balaban J connectivity index is 2.28. The highest BCUT2D eigenvalue weighted by Crippen LogP contribution is 2.24. The Morgan fingerprint density at radius 2 is 2.29 bits per heavy atom. The average Bonchev–Trinajstić information content (AvgIpc) is 2.57. The summed E-state index contributed by atoms with van der Waals surface area (Å²) < 4.78 is 1.25. The zero-order valence-electron chi connectivity index (χ0n) is 8.63. The number of aromatic nitrogens is 1. The fourth-order valence-electron chi connectivity index (χ4n) is 1.96. The van der Waals surface area contributed by atoms with E-state index in [1.807, 2.05) is 0 Å². The lowest BCUT2D eigenvalue weighted by atomic mass is 10.2. The molecule has 0 aliphatic carbocycles. The lowest BCUT2D eigenvalue weighted by Gasteiger charge is -2.22. The molecular weight excluding hydrogens is 287 g/mol.